The molecule has 2 atom stereocenters. The van der Waals surface area contributed by atoms with Gasteiger partial charge in [-0.05, 0) is 50.8 Å². The first-order valence-electron chi connectivity index (χ1n) is 8.07. The Morgan fingerprint density at radius 1 is 1.45 bits per heavy atom. The topological polar surface area (TPSA) is 77.7 Å². The second-order valence-corrected chi connectivity index (χ2v) is 6.70. The fourth-order valence-corrected chi connectivity index (χ4v) is 3.02. The monoisotopic (exact) mass is 307 g/mol. The van der Waals surface area contributed by atoms with Gasteiger partial charge in [0.15, 0.2) is 0 Å². The van der Waals surface area contributed by atoms with Crippen LogP contribution in [0.4, 0.5) is 4.79 Å². The molecule has 3 N–H and O–H groups in total. The van der Waals surface area contributed by atoms with Crippen molar-refractivity contribution in [1.82, 2.24) is 15.5 Å². The molecule has 0 bridgehead atoms. The standard InChI is InChI=1S/C16H25N3O3/c1-16(21,14-3-2-8-22-14)11-18-15(20)17-9-12-6-7-19(10-12)13-4-5-13/h2-3,8,12-13,21H,4-7,9-11H2,1H3,(H2,17,18,20). The highest BCUT2D eigenvalue weighted by Gasteiger charge is 2.34. The van der Waals surface area contributed by atoms with Crippen molar-refractivity contribution in [3.8, 4) is 0 Å². The Hall–Kier alpha value is -1.53. The third kappa shape index (κ3) is 3.81. The van der Waals surface area contributed by atoms with Gasteiger partial charge in [0.25, 0.3) is 0 Å². The number of likely N-dealkylation sites (tertiary alicyclic amines) is 1. The van der Waals surface area contributed by atoms with E-state index in [1.54, 1.807) is 19.1 Å². The Balaban J connectivity index is 1.36. The minimum absolute atomic E-state index is 0.116. The van der Waals surface area contributed by atoms with Crippen molar-refractivity contribution >= 4 is 6.03 Å². The smallest absolute Gasteiger partial charge is 0.314 e. The molecule has 1 aliphatic heterocycles. The summed E-state index contributed by atoms with van der Waals surface area (Å²) in [6.07, 6.45) is 5.33. The van der Waals surface area contributed by atoms with Crippen LogP contribution < -0.4 is 10.6 Å². The minimum atomic E-state index is -1.20. The molecule has 2 amide bonds. The first-order chi connectivity index (χ1) is 10.5. The number of rotatable bonds is 6. The number of amides is 2. The van der Waals surface area contributed by atoms with Crippen molar-refractivity contribution in [2.45, 2.75) is 37.8 Å². The average Bonchev–Trinajstić information content (AvgIpc) is 3.02. The Kier molecular flexibility index (Phi) is 4.40. The van der Waals surface area contributed by atoms with Gasteiger partial charge in [0.05, 0.1) is 12.8 Å². The van der Waals surface area contributed by atoms with Crippen molar-refractivity contribution in [1.29, 1.82) is 0 Å². The summed E-state index contributed by atoms with van der Waals surface area (Å²) in [6, 6.07) is 3.99. The molecule has 2 heterocycles. The van der Waals surface area contributed by atoms with Crippen LogP contribution in [0.15, 0.2) is 22.8 Å². The Labute approximate surface area is 130 Å². The van der Waals surface area contributed by atoms with E-state index in [1.165, 1.54) is 19.1 Å². The molecule has 6 heteroatoms. The van der Waals surface area contributed by atoms with Gasteiger partial charge in [-0.25, -0.2) is 4.79 Å². The molecule has 6 nitrogen and oxygen atoms in total. The van der Waals surface area contributed by atoms with E-state index in [2.05, 4.69) is 15.5 Å². The molecule has 122 valence electrons. The van der Waals surface area contributed by atoms with E-state index in [9.17, 15) is 9.90 Å². The van der Waals surface area contributed by atoms with Crippen LogP contribution in [0.3, 0.4) is 0 Å². The number of carbonyl (C=O) groups excluding carboxylic acids is 1. The van der Waals surface area contributed by atoms with Gasteiger partial charge in [-0.2, -0.15) is 0 Å². The van der Waals surface area contributed by atoms with Gasteiger partial charge in [-0.15, -0.1) is 0 Å². The lowest BCUT2D eigenvalue weighted by Crippen LogP contribution is -2.44. The van der Waals surface area contributed by atoms with Gasteiger partial charge in [0.2, 0.25) is 0 Å². The highest BCUT2D eigenvalue weighted by Crippen LogP contribution is 2.31. The van der Waals surface area contributed by atoms with E-state index in [1.807, 2.05) is 0 Å². The zero-order valence-electron chi connectivity index (χ0n) is 13.0. The van der Waals surface area contributed by atoms with Crippen molar-refractivity contribution < 1.29 is 14.3 Å². The van der Waals surface area contributed by atoms with E-state index >= 15 is 0 Å². The summed E-state index contributed by atoms with van der Waals surface area (Å²) in [7, 11) is 0. The van der Waals surface area contributed by atoms with Gasteiger partial charge >= 0.3 is 6.03 Å². The number of aliphatic hydroxyl groups is 1. The van der Waals surface area contributed by atoms with Crippen LogP contribution in [0.5, 0.6) is 0 Å². The van der Waals surface area contributed by atoms with E-state index in [4.69, 9.17) is 4.42 Å². The third-order valence-electron chi connectivity index (χ3n) is 4.58. The average molecular weight is 307 g/mol. The Morgan fingerprint density at radius 2 is 2.27 bits per heavy atom. The third-order valence-corrected chi connectivity index (χ3v) is 4.58. The number of nitrogens with zero attached hydrogens (tertiary/aromatic N) is 1. The summed E-state index contributed by atoms with van der Waals surface area (Å²) < 4.78 is 5.18. The number of urea groups is 1. The molecule has 1 saturated carbocycles. The summed E-state index contributed by atoms with van der Waals surface area (Å²) in [5, 5.41) is 15.9. The second-order valence-electron chi connectivity index (χ2n) is 6.70. The van der Waals surface area contributed by atoms with E-state index in [-0.39, 0.29) is 12.6 Å². The molecule has 1 aliphatic carbocycles. The normalized spacial score (nSPS) is 24.9. The van der Waals surface area contributed by atoms with Crippen LogP contribution in [0.25, 0.3) is 0 Å². The zero-order chi connectivity index (χ0) is 15.6. The highest BCUT2D eigenvalue weighted by molar-refractivity contribution is 5.73. The molecule has 1 aromatic rings. The number of hydrogen-bond acceptors (Lipinski definition) is 4. The molecular formula is C16H25N3O3. The zero-order valence-corrected chi connectivity index (χ0v) is 13.0. The largest absolute Gasteiger partial charge is 0.466 e. The lowest BCUT2D eigenvalue weighted by molar-refractivity contribution is 0.0367. The maximum atomic E-state index is 11.9. The molecule has 22 heavy (non-hydrogen) atoms. The molecule has 1 saturated heterocycles. The summed E-state index contributed by atoms with van der Waals surface area (Å²) in [5.41, 5.74) is -1.20. The first kappa shape index (κ1) is 15.4. The molecule has 2 unspecified atom stereocenters. The second kappa shape index (κ2) is 6.30. The Bertz CT molecular complexity index is 497. The molecule has 3 rings (SSSR count). The molecule has 2 fully saturated rings. The number of nitrogens with one attached hydrogen (secondary N) is 2. The van der Waals surface area contributed by atoms with Gasteiger partial charge < -0.3 is 25.1 Å². The molecule has 2 aliphatic rings. The fraction of sp³-hybridized carbons (Fsp3) is 0.688. The fourth-order valence-electron chi connectivity index (χ4n) is 3.02. The molecular weight excluding hydrogens is 282 g/mol. The van der Waals surface area contributed by atoms with Crippen LogP contribution in [-0.4, -0.2) is 48.3 Å². The number of furan rings is 1. The molecule has 0 spiro atoms. The van der Waals surface area contributed by atoms with Gasteiger partial charge in [-0.1, -0.05) is 0 Å². The van der Waals surface area contributed by atoms with Crippen molar-refractivity contribution in [2.24, 2.45) is 5.92 Å². The predicted molar refractivity (Wildman–Crippen MR) is 82.4 cm³/mol. The van der Waals surface area contributed by atoms with Crippen LogP contribution in [-0.2, 0) is 5.60 Å². The van der Waals surface area contributed by atoms with Crippen LogP contribution >= 0.6 is 0 Å². The number of carbonyl (C=O) groups is 1. The minimum Gasteiger partial charge on any atom is -0.466 e. The van der Waals surface area contributed by atoms with Gasteiger partial charge in [-0.3, -0.25) is 0 Å². The molecule has 0 radical (unpaired) electrons. The van der Waals surface area contributed by atoms with Gasteiger partial charge in [0, 0.05) is 19.1 Å². The van der Waals surface area contributed by atoms with Gasteiger partial charge in [0.1, 0.15) is 11.4 Å². The van der Waals surface area contributed by atoms with Crippen molar-refractivity contribution in [3.63, 3.8) is 0 Å². The van der Waals surface area contributed by atoms with E-state index in [0.717, 1.165) is 25.6 Å². The quantitative estimate of drug-likeness (QED) is 0.739. The molecule has 0 aromatic carbocycles. The SMILES string of the molecule is CC(O)(CNC(=O)NCC1CCN(C2CC2)C1)c1ccco1. The molecule has 1 aromatic heterocycles. The van der Waals surface area contributed by atoms with Crippen LogP contribution in [0.2, 0.25) is 0 Å². The summed E-state index contributed by atoms with van der Waals surface area (Å²) in [4.78, 5) is 14.4. The highest BCUT2D eigenvalue weighted by atomic mass is 16.4. The van der Waals surface area contributed by atoms with Crippen LogP contribution in [0, 0.1) is 5.92 Å². The predicted octanol–water partition coefficient (Wildman–Crippen LogP) is 1.27. The summed E-state index contributed by atoms with van der Waals surface area (Å²) in [5.74, 6) is 0.987. The van der Waals surface area contributed by atoms with E-state index in [0.29, 0.717) is 18.2 Å². The van der Waals surface area contributed by atoms with Crippen molar-refractivity contribution in [3.05, 3.63) is 24.2 Å². The van der Waals surface area contributed by atoms with E-state index < -0.39 is 5.60 Å². The summed E-state index contributed by atoms with van der Waals surface area (Å²) >= 11 is 0. The number of hydrogen-bond donors (Lipinski definition) is 3. The lowest BCUT2D eigenvalue weighted by atomic mass is 10.0. The Morgan fingerprint density at radius 3 is 2.95 bits per heavy atom. The maximum Gasteiger partial charge on any atom is 0.314 e. The summed E-state index contributed by atoms with van der Waals surface area (Å²) in [6.45, 7) is 4.68. The van der Waals surface area contributed by atoms with Crippen molar-refractivity contribution in [2.75, 3.05) is 26.2 Å². The maximum absolute atomic E-state index is 11.9. The first-order valence-corrected chi connectivity index (χ1v) is 8.07. The lowest BCUT2D eigenvalue weighted by Gasteiger charge is -2.21. The van der Waals surface area contributed by atoms with Crippen LogP contribution in [0.1, 0.15) is 31.9 Å².